The molecule has 0 bridgehead atoms. The molecule has 0 saturated heterocycles. The van der Waals surface area contributed by atoms with Gasteiger partial charge in [-0.2, -0.15) is 0 Å². The molecule has 0 spiro atoms. The van der Waals surface area contributed by atoms with Gasteiger partial charge < -0.3 is 0 Å². The molecular formula is C14H37ClN3OPSn. The molecule has 0 radical (unpaired) electrons. The van der Waals surface area contributed by atoms with Crippen LogP contribution in [-0.4, -0.2) is 74.9 Å². The molecule has 0 amide bonds. The molecule has 4 nitrogen and oxygen atoms in total. The molecule has 0 aliphatic rings. The fourth-order valence-electron chi connectivity index (χ4n) is 2.07. The summed E-state index contributed by atoms with van der Waals surface area (Å²) in [4.78, 5) is 0. The fraction of sp³-hybridized carbons (Fsp3) is 1.00. The van der Waals surface area contributed by atoms with E-state index >= 15 is 0 Å². The van der Waals surface area contributed by atoms with Gasteiger partial charge in [0.15, 0.2) is 0 Å². The van der Waals surface area contributed by atoms with Gasteiger partial charge in [-0.25, -0.2) is 14.0 Å². The van der Waals surface area contributed by atoms with Crippen molar-refractivity contribution in [2.75, 3.05) is 42.3 Å². The maximum atomic E-state index is 12.1. The van der Waals surface area contributed by atoms with Gasteiger partial charge in [0.05, 0.1) is 0 Å². The monoisotopic (exact) mass is 449 g/mol. The molecule has 0 atom stereocenters. The Bertz CT molecular complexity index is 255. The zero-order valence-corrected chi connectivity index (χ0v) is 20.3. The Kier molecular flexibility index (Phi) is 15.9. The van der Waals surface area contributed by atoms with Crippen LogP contribution in [0, 0.1) is 0 Å². The zero-order chi connectivity index (χ0) is 17.1. The normalized spacial score (nSPS) is 12.2. The first-order valence-electron chi connectivity index (χ1n) is 7.91. The van der Waals surface area contributed by atoms with Gasteiger partial charge in [0, 0.05) is 0 Å². The van der Waals surface area contributed by atoms with E-state index in [1.807, 2.05) is 42.3 Å². The fourth-order valence-corrected chi connectivity index (χ4v) is 12.0. The first kappa shape index (κ1) is 24.5. The van der Waals surface area contributed by atoms with Gasteiger partial charge in [0.25, 0.3) is 7.59 Å². The van der Waals surface area contributed by atoms with Crippen molar-refractivity contribution in [3.05, 3.63) is 0 Å². The van der Waals surface area contributed by atoms with Crippen molar-refractivity contribution in [3.8, 4) is 0 Å². The van der Waals surface area contributed by atoms with Crippen LogP contribution in [-0.2, 0) is 4.57 Å². The summed E-state index contributed by atoms with van der Waals surface area (Å²) in [5.41, 5.74) is 0. The van der Waals surface area contributed by atoms with Gasteiger partial charge in [-0.3, -0.25) is 4.57 Å². The van der Waals surface area contributed by atoms with Gasteiger partial charge in [-0.15, -0.1) is 0 Å². The molecule has 7 heteroatoms. The molecule has 0 fully saturated rings. The number of hydrogen-bond donors (Lipinski definition) is 0. The summed E-state index contributed by atoms with van der Waals surface area (Å²) >= 11 is -1.38. The molecule has 0 aliphatic heterocycles. The van der Waals surface area contributed by atoms with E-state index in [0.717, 1.165) is 0 Å². The van der Waals surface area contributed by atoms with Crippen molar-refractivity contribution in [2.24, 2.45) is 0 Å². The maximum Gasteiger partial charge on any atom is 0.285 e. The van der Waals surface area contributed by atoms with Crippen LogP contribution in [0.5, 0.6) is 0 Å². The molecule has 0 rings (SSSR count). The molecule has 0 aromatic heterocycles. The van der Waals surface area contributed by atoms with Crippen LogP contribution >= 0.6 is 16.5 Å². The topological polar surface area (TPSA) is 26.8 Å². The van der Waals surface area contributed by atoms with Crippen LogP contribution < -0.4 is 0 Å². The average molecular weight is 449 g/mol. The summed E-state index contributed by atoms with van der Waals surface area (Å²) in [6.07, 6.45) is 5.42. The Morgan fingerprint density at radius 1 is 0.810 bits per heavy atom. The predicted octanol–water partition coefficient (Wildman–Crippen LogP) is 4.33. The Morgan fingerprint density at radius 2 is 1.10 bits per heavy atom. The third-order valence-electron chi connectivity index (χ3n) is 3.31. The number of rotatable bonds is 9. The minimum Gasteiger partial charge on any atom is -0.270 e. The van der Waals surface area contributed by atoms with Gasteiger partial charge in [-0.05, 0) is 42.3 Å². The van der Waals surface area contributed by atoms with E-state index in [4.69, 9.17) is 8.92 Å². The van der Waals surface area contributed by atoms with Crippen LogP contribution in [0.25, 0.3) is 0 Å². The Balaban J connectivity index is 0. The number of hydrogen-bond acceptors (Lipinski definition) is 1. The first-order valence-corrected chi connectivity index (χ1v) is 18.3. The summed E-state index contributed by atoms with van der Waals surface area (Å²) < 4.78 is 20.2. The molecule has 0 aliphatic carbocycles. The summed E-state index contributed by atoms with van der Waals surface area (Å²) in [7, 11) is 14.7. The van der Waals surface area contributed by atoms with Crippen molar-refractivity contribution in [2.45, 2.75) is 48.4 Å². The van der Waals surface area contributed by atoms with Gasteiger partial charge in [-0.1, -0.05) is 0 Å². The molecule has 130 valence electrons. The van der Waals surface area contributed by atoms with E-state index in [-0.39, 0.29) is 0 Å². The summed E-state index contributed by atoms with van der Waals surface area (Å²) in [5, 5.41) is 0. The molecule has 0 unspecified atom stereocenters. The van der Waals surface area contributed by atoms with Crippen molar-refractivity contribution in [3.63, 3.8) is 0 Å². The van der Waals surface area contributed by atoms with Crippen molar-refractivity contribution in [1.29, 1.82) is 0 Å². The number of halogens is 1. The van der Waals surface area contributed by atoms with Crippen molar-refractivity contribution in [1.82, 2.24) is 14.0 Å². The molecule has 0 N–H and O–H groups in total. The first-order chi connectivity index (χ1) is 9.64. The second-order valence-electron chi connectivity index (χ2n) is 5.94. The SMILES string of the molecule is CCC[CH2][SnH]([Cl])[CH2]CCC.CN(C)P(=O)(N(C)C)N(C)C. The van der Waals surface area contributed by atoms with Crippen molar-refractivity contribution >= 4 is 35.1 Å². The van der Waals surface area contributed by atoms with Gasteiger partial charge in [0.1, 0.15) is 0 Å². The molecule has 0 heterocycles. The molecule has 0 aromatic rings. The second-order valence-corrected chi connectivity index (χ2v) is 20.2. The largest absolute Gasteiger partial charge is 0.285 e. The van der Waals surface area contributed by atoms with E-state index in [2.05, 4.69) is 13.8 Å². The smallest absolute Gasteiger partial charge is 0.270 e. The molecule has 0 saturated carbocycles. The standard InChI is InChI=1S/C6H18N3OP.2C4H9.ClH.Sn.H/c1-7(2)11(10,8(3)4)9(5)6;2*1-3-4-2;;;/h1-6H3;2*1,3-4H2,2H3;1H;;/q;;;;+1;/p-1. The molecule has 0 aromatic carbocycles. The quantitative estimate of drug-likeness (QED) is 0.388. The minimum absolute atomic E-state index is 1.33. The Labute approximate surface area is 144 Å². The van der Waals surface area contributed by atoms with Crippen LogP contribution in [0.3, 0.4) is 0 Å². The average Bonchev–Trinajstić information content (AvgIpc) is 2.41. The molecule has 21 heavy (non-hydrogen) atoms. The molecular weight excluding hydrogens is 411 g/mol. The summed E-state index contributed by atoms with van der Waals surface area (Å²) in [6.45, 7) is 4.49. The van der Waals surface area contributed by atoms with E-state index < -0.39 is 26.2 Å². The minimum atomic E-state index is -2.44. The summed E-state index contributed by atoms with van der Waals surface area (Å²) in [6, 6.07) is 0. The number of unbranched alkanes of at least 4 members (excludes halogenated alkanes) is 2. The Morgan fingerprint density at radius 3 is 1.24 bits per heavy atom. The van der Waals surface area contributed by atoms with Crippen LogP contribution in [0.2, 0.25) is 8.87 Å². The van der Waals surface area contributed by atoms with Crippen LogP contribution in [0.4, 0.5) is 0 Å². The van der Waals surface area contributed by atoms with E-state index in [1.54, 1.807) is 14.0 Å². The van der Waals surface area contributed by atoms with E-state index in [9.17, 15) is 4.57 Å². The predicted molar refractivity (Wildman–Crippen MR) is 101 cm³/mol. The second kappa shape index (κ2) is 13.6. The third-order valence-corrected chi connectivity index (χ3v) is 15.3. The maximum absolute atomic E-state index is 12.1. The van der Waals surface area contributed by atoms with Gasteiger partial charge >= 0.3 is 76.0 Å². The van der Waals surface area contributed by atoms with E-state index in [1.165, 1.54) is 34.6 Å². The Hall–Kier alpha value is 1.20. The van der Waals surface area contributed by atoms with Crippen LogP contribution in [0.15, 0.2) is 0 Å². The number of nitrogens with zero attached hydrogens (tertiary/aromatic N) is 3. The van der Waals surface area contributed by atoms with Crippen molar-refractivity contribution < 1.29 is 4.57 Å². The van der Waals surface area contributed by atoms with E-state index in [0.29, 0.717) is 0 Å². The summed E-state index contributed by atoms with van der Waals surface area (Å²) in [5.74, 6) is 0. The van der Waals surface area contributed by atoms with Crippen LogP contribution in [0.1, 0.15) is 39.5 Å². The zero-order valence-electron chi connectivity index (χ0n) is 15.4. The van der Waals surface area contributed by atoms with Gasteiger partial charge in [0.2, 0.25) is 0 Å². The third kappa shape index (κ3) is 10.6.